The van der Waals surface area contributed by atoms with Gasteiger partial charge in [0.2, 0.25) is 0 Å². The maximum Gasteiger partial charge on any atom is 0.339 e. The highest BCUT2D eigenvalue weighted by Gasteiger charge is 2.20. The van der Waals surface area contributed by atoms with Crippen molar-refractivity contribution in [1.29, 1.82) is 0 Å². The third-order valence-corrected chi connectivity index (χ3v) is 3.46. The van der Waals surface area contributed by atoms with E-state index in [2.05, 4.69) is 5.10 Å². The molecule has 6 heteroatoms. The van der Waals surface area contributed by atoms with E-state index in [-0.39, 0.29) is 10.6 Å². The zero-order valence-corrected chi connectivity index (χ0v) is 12.2. The van der Waals surface area contributed by atoms with Crippen LogP contribution in [0.1, 0.15) is 16.1 Å². The first kappa shape index (κ1) is 13.9. The number of rotatable bonds is 2. The molecule has 0 atom stereocenters. The van der Waals surface area contributed by atoms with E-state index in [9.17, 15) is 4.79 Å². The second-order valence-corrected chi connectivity index (χ2v) is 4.86. The van der Waals surface area contributed by atoms with Crippen LogP contribution in [0.5, 0.6) is 0 Å². The summed E-state index contributed by atoms with van der Waals surface area (Å²) in [5.41, 5.74) is 2.45. The van der Waals surface area contributed by atoms with Crippen molar-refractivity contribution in [2.45, 2.75) is 6.92 Å². The fourth-order valence-corrected chi connectivity index (χ4v) is 2.54. The summed E-state index contributed by atoms with van der Waals surface area (Å²) in [5, 5.41) is 4.97. The molecule has 0 bridgehead atoms. The molecule has 0 N–H and O–H groups in total. The number of carbonyl (C=O) groups excluding carboxylic acids is 1. The number of benzene rings is 1. The number of ether oxygens (including phenoxy) is 1. The van der Waals surface area contributed by atoms with Crippen molar-refractivity contribution in [2.24, 2.45) is 7.05 Å². The van der Waals surface area contributed by atoms with Gasteiger partial charge in [-0.15, -0.1) is 0 Å². The minimum absolute atomic E-state index is 0.266. The summed E-state index contributed by atoms with van der Waals surface area (Å²) < 4.78 is 6.36. The monoisotopic (exact) mass is 298 g/mol. The molecule has 0 saturated heterocycles. The summed E-state index contributed by atoms with van der Waals surface area (Å²) in [5.74, 6) is -0.498. The summed E-state index contributed by atoms with van der Waals surface area (Å²) in [6.45, 7) is 1.87. The van der Waals surface area contributed by atoms with Gasteiger partial charge in [-0.1, -0.05) is 23.2 Å². The first-order chi connectivity index (χ1) is 8.95. The Labute approximate surface area is 120 Å². The molecule has 0 amide bonds. The van der Waals surface area contributed by atoms with Crippen LogP contribution in [0.2, 0.25) is 10.0 Å². The van der Waals surface area contributed by atoms with E-state index < -0.39 is 5.97 Å². The first-order valence-electron chi connectivity index (χ1n) is 5.53. The van der Waals surface area contributed by atoms with Gasteiger partial charge in [0, 0.05) is 12.6 Å². The van der Waals surface area contributed by atoms with E-state index in [0.717, 1.165) is 11.4 Å². The molecule has 0 aliphatic carbocycles. The lowest BCUT2D eigenvalue weighted by Gasteiger charge is -2.10. The van der Waals surface area contributed by atoms with Gasteiger partial charge in [0.25, 0.3) is 0 Å². The SMILES string of the molecule is COC(=O)c1ccc(Cl)c(-c2cc(C)nn2C)c1Cl. The predicted octanol–water partition coefficient (Wildman–Crippen LogP) is 3.49. The van der Waals surface area contributed by atoms with Crippen LogP contribution in [0.15, 0.2) is 18.2 Å². The van der Waals surface area contributed by atoms with Crippen molar-refractivity contribution < 1.29 is 9.53 Å². The third-order valence-electron chi connectivity index (χ3n) is 2.75. The number of hydrogen-bond donors (Lipinski definition) is 0. The predicted molar refractivity (Wildman–Crippen MR) is 74.7 cm³/mol. The van der Waals surface area contributed by atoms with Gasteiger partial charge in [-0.3, -0.25) is 4.68 Å². The van der Waals surface area contributed by atoms with Crippen molar-refractivity contribution in [2.75, 3.05) is 7.11 Å². The molecule has 1 aromatic heterocycles. The van der Waals surface area contributed by atoms with E-state index in [1.165, 1.54) is 7.11 Å². The molecule has 0 saturated carbocycles. The molecule has 2 aromatic rings. The van der Waals surface area contributed by atoms with Gasteiger partial charge in [0.15, 0.2) is 0 Å². The van der Waals surface area contributed by atoms with Crippen LogP contribution in [-0.4, -0.2) is 22.9 Å². The number of nitrogens with zero attached hydrogens (tertiary/aromatic N) is 2. The fourth-order valence-electron chi connectivity index (χ4n) is 1.90. The molecule has 1 heterocycles. The summed E-state index contributed by atoms with van der Waals surface area (Å²) in [7, 11) is 3.10. The van der Waals surface area contributed by atoms with Gasteiger partial charge in [-0.05, 0) is 25.1 Å². The van der Waals surface area contributed by atoms with Crippen molar-refractivity contribution >= 4 is 29.2 Å². The molecule has 1 aromatic carbocycles. The third kappa shape index (κ3) is 2.46. The summed E-state index contributed by atoms with van der Waals surface area (Å²) in [4.78, 5) is 11.6. The Morgan fingerprint density at radius 2 is 2.05 bits per heavy atom. The molecular formula is C13H12Cl2N2O2. The standard InChI is InChI=1S/C13H12Cl2N2O2/c1-7-6-10(17(2)16-7)11-9(14)5-4-8(12(11)15)13(18)19-3/h4-6H,1-3H3. The lowest BCUT2D eigenvalue weighted by molar-refractivity contribution is 0.0601. The van der Waals surface area contributed by atoms with Crippen LogP contribution in [0.3, 0.4) is 0 Å². The minimum atomic E-state index is -0.498. The molecule has 4 nitrogen and oxygen atoms in total. The normalized spacial score (nSPS) is 10.6. The Balaban J connectivity index is 2.69. The lowest BCUT2D eigenvalue weighted by Crippen LogP contribution is -2.04. The largest absolute Gasteiger partial charge is 0.465 e. The van der Waals surface area contributed by atoms with E-state index >= 15 is 0 Å². The number of esters is 1. The fraction of sp³-hybridized carbons (Fsp3) is 0.231. The van der Waals surface area contributed by atoms with E-state index in [0.29, 0.717) is 10.6 Å². The Morgan fingerprint density at radius 3 is 2.58 bits per heavy atom. The Bertz CT molecular complexity index is 650. The maximum atomic E-state index is 11.6. The number of aromatic nitrogens is 2. The van der Waals surface area contributed by atoms with Crippen LogP contribution >= 0.6 is 23.2 Å². The van der Waals surface area contributed by atoms with Gasteiger partial charge in [-0.25, -0.2) is 4.79 Å². The van der Waals surface area contributed by atoms with Crippen molar-refractivity contribution in [3.63, 3.8) is 0 Å². The van der Waals surface area contributed by atoms with Crippen LogP contribution in [-0.2, 0) is 11.8 Å². The van der Waals surface area contributed by atoms with Crippen LogP contribution in [0, 0.1) is 6.92 Å². The van der Waals surface area contributed by atoms with Gasteiger partial charge in [0.05, 0.1) is 34.1 Å². The van der Waals surface area contributed by atoms with Crippen molar-refractivity contribution in [3.8, 4) is 11.3 Å². The smallest absolute Gasteiger partial charge is 0.339 e. The molecule has 0 aliphatic rings. The topological polar surface area (TPSA) is 44.1 Å². The molecule has 2 rings (SSSR count). The minimum Gasteiger partial charge on any atom is -0.465 e. The average Bonchev–Trinajstić information content (AvgIpc) is 2.68. The molecule has 19 heavy (non-hydrogen) atoms. The quantitative estimate of drug-likeness (QED) is 0.797. The van der Waals surface area contributed by atoms with Gasteiger partial charge < -0.3 is 4.74 Å². The Kier molecular flexibility index (Phi) is 3.83. The molecule has 0 aliphatic heterocycles. The van der Waals surface area contributed by atoms with Crippen LogP contribution < -0.4 is 0 Å². The maximum absolute atomic E-state index is 11.6. The van der Waals surface area contributed by atoms with Gasteiger partial charge >= 0.3 is 5.97 Å². The van der Waals surface area contributed by atoms with Crippen LogP contribution in [0.25, 0.3) is 11.3 Å². The second-order valence-electron chi connectivity index (χ2n) is 4.07. The van der Waals surface area contributed by atoms with E-state index in [4.69, 9.17) is 27.9 Å². The number of methoxy groups -OCH3 is 1. The molecule has 0 radical (unpaired) electrons. The zero-order valence-electron chi connectivity index (χ0n) is 10.7. The number of aryl methyl sites for hydroxylation is 2. The van der Waals surface area contributed by atoms with E-state index in [1.54, 1.807) is 23.9 Å². The Hall–Kier alpha value is -1.52. The van der Waals surface area contributed by atoms with Gasteiger partial charge in [-0.2, -0.15) is 5.10 Å². The van der Waals surface area contributed by atoms with E-state index in [1.807, 2.05) is 13.0 Å². The molecular weight excluding hydrogens is 287 g/mol. The first-order valence-corrected chi connectivity index (χ1v) is 6.28. The highest BCUT2D eigenvalue weighted by Crippen LogP contribution is 2.37. The van der Waals surface area contributed by atoms with Gasteiger partial charge in [0.1, 0.15) is 0 Å². The lowest BCUT2D eigenvalue weighted by atomic mass is 10.1. The second kappa shape index (κ2) is 5.23. The average molecular weight is 299 g/mol. The highest BCUT2D eigenvalue weighted by molar-refractivity contribution is 6.41. The summed E-state index contributed by atoms with van der Waals surface area (Å²) >= 11 is 12.5. The molecule has 0 spiro atoms. The summed E-state index contributed by atoms with van der Waals surface area (Å²) in [6, 6.07) is 5.02. The van der Waals surface area contributed by atoms with Crippen molar-refractivity contribution in [1.82, 2.24) is 9.78 Å². The number of carbonyl (C=O) groups is 1. The molecule has 100 valence electrons. The van der Waals surface area contributed by atoms with Crippen molar-refractivity contribution in [3.05, 3.63) is 39.5 Å². The molecule has 0 fully saturated rings. The summed E-state index contributed by atoms with van der Waals surface area (Å²) in [6.07, 6.45) is 0. The zero-order chi connectivity index (χ0) is 14.2. The molecule has 0 unspecified atom stereocenters. The highest BCUT2D eigenvalue weighted by atomic mass is 35.5. The number of halogens is 2. The Morgan fingerprint density at radius 1 is 1.37 bits per heavy atom. The number of hydrogen-bond acceptors (Lipinski definition) is 3. The van der Waals surface area contributed by atoms with Crippen LogP contribution in [0.4, 0.5) is 0 Å².